The minimum atomic E-state index is -0.639. The number of benzene rings is 2. The predicted octanol–water partition coefficient (Wildman–Crippen LogP) is 4.08. The van der Waals surface area contributed by atoms with Crippen LogP contribution < -0.4 is 20.1 Å². The van der Waals surface area contributed by atoms with Crippen LogP contribution in [0.2, 0.25) is 5.02 Å². The Morgan fingerprint density at radius 2 is 1.94 bits per heavy atom. The maximum atomic E-state index is 9.74. The minimum Gasteiger partial charge on any atom is -0.495 e. The third-order valence-corrected chi connectivity index (χ3v) is 7.60. The van der Waals surface area contributed by atoms with Gasteiger partial charge in [0.25, 0.3) is 0 Å². The van der Waals surface area contributed by atoms with Crippen molar-refractivity contribution in [3.8, 4) is 11.5 Å². The van der Waals surface area contributed by atoms with Crippen LogP contribution in [0.1, 0.15) is 42.0 Å². The van der Waals surface area contributed by atoms with Crippen molar-refractivity contribution in [1.29, 1.82) is 0 Å². The molecular formula is C26H36ClN3O3. The molecule has 3 N–H and O–H groups in total. The van der Waals surface area contributed by atoms with Crippen molar-refractivity contribution in [3.63, 3.8) is 0 Å². The lowest BCUT2D eigenvalue weighted by Gasteiger charge is -2.49. The first kappa shape index (κ1) is 24.1. The van der Waals surface area contributed by atoms with Crippen LogP contribution in [-0.4, -0.2) is 62.0 Å². The van der Waals surface area contributed by atoms with Gasteiger partial charge in [-0.3, -0.25) is 4.90 Å². The fourth-order valence-electron chi connectivity index (χ4n) is 5.25. The Kier molecular flexibility index (Phi) is 7.69. The van der Waals surface area contributed by atoms with E-state index >= 15 is 0 Å². The number of methoxy groups -OCH3 is 1. The molecule has 2 fully saturated rings. The van der Waals surface area contributed by atoms with Crippen LogP contribution in [0.3, 0.4) is 0 Å². The average molecular weight is 474 g/mol. The molecule has 6 nitrogen and oxygen atoms in total. The van der Waals surface area contributed by atoms with Crippen molar-refractivity contribution in [2.45, 2.75) is 51.3 Å². The molecule has 180 valence electrons. The highest BCUT2D eigenvalue weighted by Gasteiger charge is 2.36. The van der Waals surface area contributed by atoms with Gasteiger partial charge in [0, 0.05) is 50.0 Å². The Balaban J connectivity index is 1.50. The summed E-state index contributed by atoms with van der Waals surface area (Å²) in [7, 11) is 1.66. The quantitative estimate of drug-likeness (QED) is 0.631. The lowest BCUT2D eigenvalue weighted by molar-refractivity contribution is 0.0712. The van der Waals surface area contributed by atoms with E-state index in [1.165, 1.54) is 36.1 Å². The first-order chi connectivity index (χ1) is 15.9. The fourth-order valence-corrected chi connectivity index (χ4v) is 5.45. The van der Waals surface area contributed by atoms with Crippen LogP contribution in [0.5, 0.6) is 11.5 Å². The van der Waals surface area contributed by atoms with Crippen molar-refractivity contribution < 1.29 is 14.6 Å². The first-order valence-corrected chi connectivity index (χ1v) is 12.3. The van der Waals surface area contributed by atoms with Gasteiger partial charge in [-0.2, -0.15) is 0 Å². The number of hydrogen-bond acceptors (Lipinski definition) is 6. The van der Waals surface area contributed by atoms with E-state index in [1.807, 2.05) is 12.1 Å². The number of anilines is 1. The number of halogens is 1. The molecule has 2 saturated heterocycles. The van der Waals surface area contributed by atoms with E-state index in [0.29, 0.717) is 17.1 Å². The predicted molar refractivity (Wildman–Crippen MR) is 134 cm³/mol. The summed E-state index contributed by atoms with van der Waals surface area (Å²) in [6, 6.07) is 11.3. The molecule has 0 radical (unpaired) electrons. The van der Waals surface area contributed by atoms with Crippen LogP contribution in [-0.2, 0) is 0 Å². The second kappa shape index (κ2) is 10.5. The number of rotatable bonds is 7. The lowest BCUT2D eigenvalue weighted by Crippen LogP contribution is -2.56. The average Bonchev–Trinajstić information content (AvgIpc) is 2.84. The number of aliphatic hydroxyl groups excluding tert-OH is 1. The Morgan fingerprint density at radius 1 is 1.12 bits per heavy atom. The molecule has 2 aromatic carbocycles. The molecule has 7 heteroatoms. The van der Waals surface area contributed by atoms with E-state index in [2.05, 4.69) is 41.8 Å². The maximum absolute atomic E-state index is 9.74. The highest BCUT2D eigenvalue weighted by molar-refractivity contribution is 6.32. The maximum Gasteiger partial charge on any atom is 0.139 e. The zero-order chi connectivity index (χ0) is 23.5. The molecule has 0 aromatic heterocycles. The van der Waals surface area contributed by atoms with Crippen LogP contribution in [0, 0.1) is 13.8 Å². The number of fused-ring (bicyclic) bond motifs is 1. The number of ether oxygens (including phenoxy) is 2. The summed E-state index contributed by atoms with van der Waals surface area (Å²) in [6.07, 6.45) is 2.98. The zero-order valence-electron chi connectivity index (χ0n) is 19.9. The normalized spacial score (nSPS) is 22.1. The van der Waals surface area contributed by atoms with Crippen molar-refractivity contribution in [2.24, 2.45) is 5.73 Å². The van der Waals surface area contributed by atoms with Crippen LogP contribution >= 0.6 is 11.6 Å². The number of hydrogen-bond donors (Lipinski definition) is 2. The van der Waals surface area contributed by atoms with Gasteiger partial charge in [0.05, 0.1) is 12.1 Å². The van der Waals surface area contributed by atoms with Crippen LogP contribution in [0.15, 0.2) is 30.3 Å². The Bertz CT molecular complexity index is 970. The molecule has 2 heterocycles. The molecule has 0 aliphatic carbocycles. The molecular weight excluding hydrogens is 438 g/mol. The largest absolute Gasteiger partial charge is 0.495 e. The SMILES string of the molecule is COc1cc(N2CCN3C(CCC[C@@H]3c3ccc(OC[C@H](O)CN)c(C)c3C)C2)ccc1Cl. The molecule has 2 aliphatic heterocycles. The molecule has 4 rings (SSSR count). The van der Waals surface area contributed by atoms with E-state index in [-0.39, 0.29) is 13.2 Å². The van der Waals surface area contributed by atoms with Gasteiger partial charge in [-0.1, -0.05) is 17.7 Å². The molecule has 33 heavy (non-hydrogen) atoms. The highest BCUT2D eigenvalue weighted by atomic mass is 35.5. The fraction of sp³-hybridized carbons (Fsp3) is 0.538. The summed E-state index contributed by atoms with van der Waals surface area (Å²) in [4.78, 5) is 5.16. The molecule has 2 aliphatic rings. The van der Waals surface area contributed by atoms with Crippen LogP contribution in [0.25, 0.3) is 0 Å². The van der Waals surface area contributed by atoms with E-state index < -0.39 is 6.10 Å². The zero-order valence-corrected chi connectivity index (χ0v) is 20.6. The van der Waals surface area contributed by atoms with Gasteiger partial charge < -0.3 is 25.2 Å². The van der Waals surface area contributed by atoms with Crippen molar-refractivity contribution in [3.05, 3.63) is 52.0 Å². The van der Waals surface area contributed by atoms with Gasteiger partial charge in [0.1, 0.15) is 24.2 Å². The van der Waals surface area contributed by atoms with Crippen molar-refractivity contribution in [1.82, 2.24) is 4.90 Å². The number of nitrogens with two attached hydrogens (primary N) is 1. The number of nitrogens with zero attached hydrogens (tertiary/aromatic N) is 2. The lowest BCUT2D eigenvalue weighted by atomic mass is 9.86. The van der Waals surface area contributed by atoms with Gasteiger partial charge in [-0.05, 0) is 68.0 Å². The summed E-state index contributed by atoms with van der Waals surface area (Å²) in [5.41, 5.74) is 10.5. The third kappa shape index (κ3) is 5.09. The second-order valence-corrected chi connectivity index (χ2v) is 9.61. The Hall–Kier alpha value is -1.99. The summed E-state index contributed by atoms with van der Waals surface area (Å²) in [6.45, 7) is 7.74. The van der Waals surface area contributed by atoms with Gasteiger partial charge in [0.15, 0.2) is 0 Å². The number of piperidine rings is 1. The standard InChI is InChI=1S/C26H36ClN3O3/c1-17-18(2)25(33-16-21(31)14-28)10-8-22(17)24-6-4-5-20-15-29(11-12-30(20)24)19-7-9-23(27)26(13-19)32-3/h7-10,13,20-21,24,31H,4-6,11-12,14-16,28H2,1-3H3/t20?,21-,24-/m1/s1. The van der Waals surface area contributed by atoms with Gasteiger partial charge in [0.2, 0.25) is 0 Å². The monoisotopic (exact) mass is 473 g/mol. The van der Waals surface area contributed by atoms with Crippen molar-refractivity contribution in [2.75, 3.05) is 44.8 Å². The molecule has 0 saturated carbocycles. The van der Waals surface area contributed by atoms with Gasteiger partial charge >= 0.3 is 0 Å². The minimum absolute atomic E-state index is 0.203. The molecule has 2 aromatic rings. The van der Waals surface area contributed by atoms with Gasteiger partial charge in [-0.15, -0.1) is 0 Å². The molecule has 1 unspecified atom stereocenters. The smallest absolute Gasteiger partial charge is 0.139 e. The molecule has 3 atom stereocenters. The number of piperazine rings is 1. The van der Waals surface area contributed by atoms with E-state index in [9.17, 15) is 5.11 Å². The van der Waals surface area contributed by atoms with E-state index in [0.717, 1.165) is 36.7 Å². The molecule has 0 spiro atoms. The van der Waals surface area contributed by atoms with Crippen molar-refractivity contribution >= 4 is 17.3 Å². The second-order valence-electron chi connectivity index (χ2n) is 9.21. The molecule has 0 amide bonds. The van der Waals surface area contributed by atoms with E-state index in [1.54, 1.807) is 7.11 Å². The molecule has 0 bridgehead atoms. The topological polar surface area (TPSA) is 71.2 Å². The number of aliphatic hydroxyl groups is 1. The Morgan fingerprint density at radius 3 is 2.70 bits per heavy atom. The van der Waals surface area contributed by atoms with Crippen LogP contribution in [0.4, 0.5) is 5.69 Å². The summed E-state index contributed by atoms with van der Waals surface area (Å²) in [5, 5.41) is 10.4. The summed E-state index contributed by atoms with van der Waals surface area (Å²) < 4.78 is 11.3. The van der Waals surface area contributed by atoms with E-state index in [4.69, 9.17) is 26.8 Å². The third-order valence-electron chi connectivity index (χ3n) is 7.29. The summed E-state index contributed by atoms with van der Waals surface area (Å²) >= 11 is 6.24. The van der Waals surface area contributed by atoms with Gasteiger partial charge in [-0.25, -0.2) is 0 Å². The highest BCUT2D eigenvalue weighted by Crippen LogP contribution is 2.40. The first-order valence-electron chi connectivity index (χ1n) is 11.9. The summed E-state index contributed by atoms with van der Waals surface area (Å²) in [5.74, 6) is 1.56. The Labute approximate surface area is 202 Å².